The van der Waals surface area contributed by atoms with Crippen LogP contribution < -0.4 is 9.47 Å². The molecule has 1 amide bonds. The van der Waals surface area contributed by atoms with E-state index in [1.165, 1.54) is 5.56 Å². The lowest BCUT2D eigenvalue weighted by Crippen LogP contribution is -2.39. The molecule has 2 saturated heterocycles. The van der Waals surface area contributed by atoms with E-state index in [0.29, 0.717) is 12.5 Å². The van der Waals surface area contributed by atoms with Gasteiger partial charge in [-0.25, -0.2) is 0 Å². The van der Waals surface area contributed by atoms with Gasteiger partial charge in [0.1, 0.15) is 0 Å². The van der Waals surface area contributed by atoms with E-state index in [9.17, 15) is 4.79 Å². The Morgan fingerprint density at radius 1 is 1.10 bits per heavy atom. The number of hydrogen-bond acceptors (Lipinski definition) is 5. The number of methoxy groups -OCH3 is 1. The number of carbonyl (C=O) groups is 1. The number of likely N-dealkylation sites (tertiary alicyclic amines) is 1. The molecule has 1 unspecified atom stereocenters. The highest BCUT2D eigenvalue weighted by Crippen LogP contribution is 2.60. The number of carbonyl (C=O) groups excluding carboxylic acids is 1. The Morgan fingerprint density at radius 2 is 1.90 bits per heavy atom. The van der Waals surface area contributed by atoms with Gasteiger partial charge in [-0.15, -0.1) is 0 Å². The van der Waals surface area contributed by atoms with E-state index in [2.05, 4.69) is 33.9 Å². The van der Waals surface area contributed by atoms with E-state index in [0.717, 1.165) is 83.0 Å². The van der Waals surface area contributed by atoms with Crippen molar-refractivity contribution in [3.63, 3.8) is 0 Å². The van der Waals surface area contributed by atoms with Crippen LogP contribution in [0.25, 0.3) is 0 Å². The summed E-state index contributed by atoms with van der Waals surface area (Å²) >= 11 is 0. The second-order valence-electron chi connectivity index (χ2n) is 9.30. The number of ether oxygens (including phenoxy) is 2. The van der Waals surface area contributed by atoms with Crippen LogP contribution in [-0.2, 0) is 11.3 Å². The minimum absolute atomic E-state index is 0.272. The maximum atomic E-state index is 13.1. The largest absolute Gasteiger partial charge is 0.493 e. The van der Waals surface area contributed by atoms with E-state index in [1.54, 1.807) is 7.11 Å². The molecule has 6 heteroatoms. The molecule has 1 saturated carbocycles. The van der Waals surface area contributed by atoms with Gasteiger partial charge in [0.2, 0.25) is 5.91 Å². The van der Waals surface area contributed by atoms with Gasteiger partial charge in [-0.2, -0.15) is 0 Å². The predicted molar refractivity (Wildman–Crippen MR) is 118 cm³/mol. The summed E-state index contributed by atoms with van der Waals surface area (Å²) in [5, 5.41) is 0. The maximum absolute atomic E-state index is 13.1. The van der Waals surface area contributed by atoms with Gasteiger partial charge in [0.05, 0.1) is 13.7 Å². The summed E-state index contributed by atoms with van der Waals surface area (Å²) in [4.78, 5) is 20.1. The number of rotatable bonds is 6. The summed E-state index contributed by atoms with van der Waals surface area (Å²) in [7, 11) is 3.83. The fraction of sp³-hybridized carbons (Fsp3) is 0.708. The normalized spacial score (nSPS) is 24.5. The average Bonchev–Trinajstić information content (AvgIpc) is 3.49. The highest BCUT2D eigenvalue weighted by Gasteiger charge is 2.59. The van der Waals surface area contributed by atoms with Crippen molar-refractivity contribution in [2.75, 3.05) is 60.0 Å². The van der Waals surface area contributed by atoms with Gasteiger partial charge < -0.3 is 19.3 Å². The summed E-state index contributed by atoms with van der Waals surface area (Å²) < 4.78 is 11.1. The molecule has 0 N–H and O–H groups in total. The van der Waals surface area contributed by atoms with E-state index in [1.807, 2.05) is 13.0 Å². The lowest BCUT2D eigenvalue weighted by atomic mass is 9.90. The molecule has 0 radical (unpaired) electrons. The van der Waals surface area contributed by atoms with Crippen molar-refractivity contribution < 1.29 is 14.3 Å². The molecule has 3 fully saturated rings. The van der Waals surface area contributed by atoms with Crippen LogP contribution in [0.2, 0.25) is 0 Å². The number of likely N-dealkylation sites (N-methyl/N-ethyl adjacent to an activating group) is 1. The van der Waals surface area contributed by atoms with Crippen LogP contribution in [0, 0.1) is 11.3 Å². The zero-order valence-corrected chi connectivity index (χ0v) is 18.9. The second kappa shape index (κ2) is 9.15. The van der Waals surface area contributed by atoms with Crippen molar-refractivity contribution in [3.8, 4) is 11.5 Å². The summed E-state index contributed by atoms with van der Waals surface area (Å²) in [6.07, 6.45) is 4.49. The summed E-state index contributed by atoms with van der Waals surface area (Å²) in [5.74, 6) is 2.31. The van der Waals surface area contributed by atoms with E-state index < -0.39 is 0 Å². The quantitative estimate of drug-likeness (QED) is 0.715. The fourth-order valence-electron chi connectivity index (χ4n) is 5.24. The van der Waals surface area contributed by atoms with E-state index >= 15 is 0 Å². The molecular formula is C24H37N3O3. The molecule has 4 rings (SSSR count). The van der Waals surface area contributed by atoms with Crippen molar-refractivity contribution in [2.45, 2.75) is 39.2 Å². The highest BCUT2D eigenvalue weighted by atomic mass is 16.5. The van der Waals surface area contributed by atoms with Gasteiger partial charge in [-0.05, 0) is 82.4 Å². The Balaban J connectivity index is 1.29. The Morgan fingerprint density at radius 3 is 2.63 bits per heavy atom. The number of amides is 1. The molecule has 166 valence electrons. The molecule has 6 nitrogen and oxygen atoms in total. The van der Waals surface area contributed by atoms with Gasteiger partial charge in [0.15, 0.2) is 11.5 Å². The standard InChI is InChI=1S/C24H37N3O3/c1-4-30-22-16-19(6-7-21(22)29-3)18-26-12-8-24(9-13-26)17-20(24)23(28)27-11-5-10-25(2)14-15-27/h6-7,16,20H,4-5,8-15,17-18H2,1-3H3. The molecule has 1 atom stereocenters. The molecule has 1 aromatic rings. The van der Waals surface area contributed by atoms with Gasteiger partial charge >= 0.3 is 0 Å². The van der Waals surface area contributed by atoms with Crippen molar-refractivity contribution in [3.05, 3.63) is 23.8 Å². The molecular weight excluding hydrogens is 378 g/mol. The monoisotopic (exact) mass is 415 g/mol. The van der Waals surface area contributed by atoms with Crippen LogP contribution in [0.1, 0.15) is 38.2 Å². The average molecular weight is 416 g/mol. The van der Waals surface area contributed by atoms with Crippen molar-refractivity contribution in [2.24, 2.45) is 11.3 Å². The van der Waals surface area contributed by atoms with Crippen molar-refractivity contribution >= 4 is 5.91 Å². The first kappa shape index (κ1) is 21.4. The third-order valence-electron chi connectivity index (χ3n) is 7.30. The van der Waals surface area contributed by atoms with Gasteiger partial charge in [0.25, 0.3) is 0 Å². The molecule has 2 heterocycles. The molecule has 1 spiro atoms. The topological polar surface area (TPSA) is 45.2 Å². The summed E-state index contributed by atoms with van der Waals surface area (Å²) in [5.41, 5.74) is 1.54. The first-order chi connectivity index (χ1) is 14.5. The molecule has 0 bridgehead atoms. The fourth-order valence-corrected chi connectivity index (χ4v) is 5.24. The third kappa shape index (κ3) is 4.59. The molecule has 2 aliphatic heterocycles. The molecule has 1 aromatic carbocycles. The van der Waals surface area contributed by atoms with Gasteiger partial charge in [0, 0.05) is 32.1 Å². The highest BCUT2D eigenvalue weighted by molar-refractivity contribution is 5.82. The Labute approximate surface area is 181 Å². The number of benzene rings is 1. The van der Waals surface area contributed by atoms with Gasteiger partial charge in [-0.1, -0.05) is 6.07 Å². The van der Waals surface area contributed by atoms with Crippen LogP contribution in [0.15, 0.2) is 18.2 Å². The molecule has 30 heavy (non-hydrogen) atoms. The maximum Gasteiger partial charge on any atom is 0.226 e. The smallest absolute Gasteiger partial charge is 0.226 e. The van der Waals surface area contributed by atoms with Crippen LogP contribution in [0.5, 0.6) is 11.5 Å². The number of nitrogens with zero attached hydrogens (tertiary/aromatic N) is 3. The van der Waals surface area contributed by atoms with Crippen molar-refractivity contribution in [1.82, 2.24) is 14.7 Å². The molecule has 1 aliphatic carbocycles. The Hall–Kier alpha value is -1.79. The first-order valence-corrected chi connectivity index (χ1v) is 11.5. The van der Waals surface area contributed by atoms with Crippen LogP contribution in [0.3, 0.4) is 0 Å². The SMILES string of the molecule is CCOc1cc(CN2CCC3(CC2)CC3C(=O)N2CCCN(C)CC2)ccc1OC. The Kier molecular flexibility index (Phi) is 6.54. The predicted octanol–water partition coefficient (Wildman–Crippen LogP) is 2.86. The molecule has 3 aliphatic rings. The van der Waals surface area contributed by atoms with Gasteiger partial charge in [-0.3, -0.25) is 9.69 Å². The minimum atomic E-state index is 0.272. The second-order valence-corrected chi connectivity index (χ2v) is 9.30. The zero-order valence-electron chi connectivity index (χ0n) is 18.9. The lowest BCUT2D eigenvalue weighted by Gasteiger charge is -2.33. The first-order valence-electron chi connectivity index (χ1n) is 11.5. The number of piperidine rings is 1. The number of hydrogen-bond donors (Lipinski definition) is 0. The lowest BCUT2D eigenvalue weighted by molar-refractivity contribution is -0.133. The third-order valence-corrected chi connectivity index (χ3v) is 7.30. The minimum Gasteiger partial charge on any atom is -0.493 e. The zero-order chi connectivity index (χ0) is 21.1. The Bertz CT molecular complexity index is 745. The van der Waals surface area contributed by atoms with Crippen molar-refractivity contribution in [1.29, 1.82) is 0 Å². The summed E-state index contributed by atoms with van der Waals surface area (Å²) in [6.45, 7) is 9.63. The molecule has 0 aromatic heterocycles. The summed E-state index contributed by atoms with van der Waals surface area (Å²) in [6, 6.07) is 6.23. The van der Waals surface area contributed by atoms with Crippen LogP contribution in [-0.4, -0.2) is 80.6 Å². The van der Waals surface area contributed by atoms with E-state index in [-0.39, 0.29) is 11.3 Å². The van der Waals surface area contributed by atoms with Crippen LogP contribution in [0.4, 0.5) is 0 Å². The van der Waals surface area contributed by atoms with Crippen LogP contribution >= 0.6 is 0 Å². The van der Waals surface area contributed by atoms with E-state index in [4.69, 9.17) is 9.47 Å².